The van der Waals surface area contributed by atoms with Gasteiger partial charge in [0.1, 0.15) is 0 Å². The van der Waals surface area contributed by atoms with E-state index in [1.54, 1.807) is 6.21 Å². The number of nitrogens with zero attached hydrogens (tertiary/aromatic N) is 1. The number of hydrogen-bond donors (Lipinski definition) is 0. The first-order chi connectivity index (χ1) is 6.07. The molecule has 1 atom stereocenters. The van der Waals surface area contributed by atoms with Crippen LogP contribution in [0.5, 0.6) is 0 Å². The van der Waals surface area contributed by atoms with Crippen molar-refractivity contribution < 1.29 is 18.9 Å². The van der Waals surface area contributed by atoms with Crippen LogP contribution < -0.4 is 18.9 Å². The maximum Gasteiger partial charge on any atom is 1.00 e. The summed E-state index contributed by atoms with van der Waals surface area (Å²) >= 11 is 0. The fourth-order valence-electron chi connectivity index (χ4n) is 0.695. The van der Waals surface area contributed by atoms with Crippen LogP contribution in [0.3, 0.4) is 0 Å². The van der Waals surface area contributed by atoms with Gasteiger partial charge in [0.25, 0.3) is 0 Å². The maximum atomic E-state index is 5.72. The average molecular weight is 184 g/mol. The van der Waals surface area contributed by atoms with Crippen LogP contribution in [0.1, 0.15) is 34.1 Å². The Kier molecular flexibility index (Phi) is 10.8. The molecule has 0 N–H and O–H groups in total. The van der Waals surface area contributed by atoms with Crippen LogP contribution in [0.15, 0.2) is 16.8 Å². The Morgan fingerprint density at radius 3 is 2.43 bits per heavy atom. The molecule has 0 aromatic rings. The molecular formula is C12H19LiN-. The average Bonchev–Trinajstić information content (AvgIpc) is 2.10. The van der Waals surface area contributed by atoms with E-state index in [2.05, 4.69) is 38.8 Å². The predicted molar refractivity (Wildman–Crippen MR) is 58.4 cm³/mol. The Bertz CT molecular complexity index is 204. The molecule has 0 aliphatic rings. The minimum atomic E-state index is 0. The molecule has 0 aliphatic carbocycles. The number of hydrogen-bond acceptors (Lipinski definition) is 1. The quantitative estimate of drug-likeness (QED) is 0.334. The smallest absolute Gasteiger partial charge is 0.492 e. The number of rotatable bonds is 5. The molecule has 1 unspecified atom stereocenters. The van der Waals surface area contributed by atoms with Gasteiger partial charge in [-0.2, -0.15) is 5.70 Å². The second-order valence-electron chi connectivity index (χ2n) is 3.50. The van der Waals surface area contributed by atoms with Gasteiger partial charge in [0.05, 0.1) is 0 Å². The third kappa shape index (κ3) is 8.35. The Morgan fingerprint density at radius 2 is 2.00 bits per heavy atom. The van der Waals surface area contributed by atoms with Crippen LogP contribution in [0.4, 0.5) is 0 Å². The van der Waals surface area contributed by atoms with Crippen molar-refractivity contribution in [2.24, 2.45) is 16.8 Å². The summed E-state index contributed by atoms with van der Waals surface area (Å²) < 4.78 is 0. The molecule has 0 amide bonds. The zero-order valence-electron chi connectivity index (χ0n) is 10.0. The topological polar surface area (TPSA) is 12.4 Å². The van der Waals surface area contributed by atoms with Gasteiger partial charge in [-0.05, 0) is 5.92 Å². The van der Waals surface area contributed by atoms with Crippen molar-refractivity contribution in [3.63, 3.8) is 0 Å². The van der Waals surface area contributed by atoms with E-state index < -0.39 is 0 Å². The van der Waals surface area contributed by atoms with Crippen molar-refractivity contribution in [2.45, 2.75) is 34.1 Å². The van der Waals surface area contributed by atoms with Gasteiger partial charge < -0.3 is 11.6 Å². The fourth-order valence-corrected chi connectivity index (χ4v) is 0.695. The third-order valence-electron chi connectivity index (χ3n) is 1.84. The first-order valence-corrected chi connectivity index (χ1v) is 4.82. The molecule has 0 aliphatic heterocycles. The van der Waals surface area contributed by atoms with Gasteiger partial charge in [-0.25, -0.2) is 6.08 Å². The SMILES string of the molecule is [CH-]=C(N=CC=[C-]C(C)C)C(C)CC.[Li+]. The summed E-state index contributed by atoms with van der Waals surface area (Å²) in [6.45, 7) is 14.0. The first-order valence-electron chi connectivity index (χ1n) is 4.82. The molecule has 0 spiro atoms. The van der Waals surface area contributed by atoms with Crippen molar-refractivity contribution in [2.75, 3.05) is 0 Å². The van der Waals surface area contributed by atoms with Crippen LogP contribution >= 0.6 is 0 Å². The van der Waals surface area contributed by atoms with E-state index in [1.165, 1.54) is 0 Å². The van der Waals surface area contributed by atoms with Crippen molar-refractivity contribution in [1.29, 1.82) is 0 Å². The summed E-state index contributed by atoms with van der Waals surface area (Å²) in [5, 5.41) is 0. The Labute approximate surface area is 101 Å². The molecule has 0 aromatic carbocycles. The van der Waals surface area contributed by atoms with Crippen molar-refractivity contribution in [3.05, 3.63) is 24.4 Å². The zero-order valence-corrected chi connectivity index (χ0v) is 10.0. The van der Waals surface area contributed by atoms with Gasteiger partial charge in [0, 0.05) is 0 Å². The van der Waals surface area contributed by atoms with Crippen LogP contribution in [0.2, 0.25) is 0 Å². The van der Waals surface area contributed by atoms with E-state index in [0.717, 1.165) is 6.42 Å². The van der Waals surface area contributed by atoms with Gasteiger partial charge in [-0.3, -0.25) is 6.08 Å². The van der Waals surface area contributed by atoms with Crippen molar-refractivity contribution in [3.8, 4) is 0 Å². The number of aliphatic imine (C=N–C) groups is 1. The van der Waals surface area contributed by atoms with Crippen LogP contribution in [-0.4, -0.2) is 6.21 Å². The van der Waals surface area contributed by atoms with E-state index in [-0.39, 0.29) is 18.9 Å². The molecule has 74 valence electrons. The molecule has 0 aromatic heterocycles. The van der Waals surface area contributed by atoms with E-state index in [0.29, 0.717) is 17.5 Å². The molecule has 0 radical (unpaired) electrons. The zero-order chi connectivity index (χ0) is 10.3. The second-order valence-corrected chi connectivity index (χ2v) is 3.50. The van der Waals surface area contributed by atoms with E-state index in [4.69, 9.17) is 6.58 Å². The van der Waals surface area contributed by atoms with Crippen molar-refractivity contribution >= 4 is 6.21 Å². The van der Waals surface area contributed by atoms with Crippen LogP contribution in [0.25, 0.3) is 0 Å². The Morgan fingerprint density at radius 1 is 1.43 bits per heavy atom. The molecule has 0 bridgehead atoms. The number of allylic oxidation sites excluding steroid dienone is 3. The molecule has 0 saturated carbocycles. The Hall–Kier alpha value is -0.253. The maximum absolute atomic E-state index is 5.72. The van der Waals surface area contributed by atoms with E-state index in [9.17, 15) is 0 Å². The summed E-state index contributed by atoms with van der Waals surface area (Å²) in [5.41, 5.74) is 0.698. The van der Waals surface area contributed by atoms with E-state index >= 15 is 0 Å². The summed E-state index contributed by atoms with van der Waals surface area (Å²) in [5.74, 6) is 0.806. The summed E-state index contributed by atoms with van der Waals surface area (Å²) in [6, 6.07) is 0. The first kappa shape index (κ1) is 16.2. The summed E-state index contributed by atoms with van der Waals surface area (Å²) in [6.07, 6.45) is 7.67. The normalized spacial score (nSPS) is 13.5. The van der Waals surface area contributed by atoms with Gasteiger partial charge in [0.15, 0.2) is 0 Å². The molecule has 0 heterocycles. The molecule has 0 rings (SSSR count). The minimum Gasteiger partial charge on any atom is -0.492 e. The molecule has 14 heavy (non-hydrogen) atoms. The monoisotopic (exact) mass is 184 g/mol. The molecule has 0 saturated heterocycles. The Balaban J connectivity index is 0. The molecule has 2 heteroatoms. The molecular weight excluding hydrogens is 165 g/mol. The van der Waals surface area contributed by atoms with E-state index in [1.807, 2.05) is 6.08 Å². The standard InChI is InChI=1S/C12H19N.Li/c1-6-11(4)12(5)13-9-7-8-10(2)3;/h5,7,9-11H,6H2,1-4H3;/q-2;+1. The van der Waals surface area contributed by atoms with Gasteiger partial charge >= 0.3 is 18.9 Å². The second kappa shape index (κ2) is 9.31. The van der Waals surface area contributed by atoms with Gasteiger partial charge in [-0.15, -0.1) is 12.1 Å². The van der Waals surface area contributed by atoms with Crippen LogP contribution in [-0.2, 0) is 0 Å². The third-order valence-corrected chi connectivity index (χ3v) is 1.84. The van der Waals surface area contributed by atoms with Crippen molar-refractivity contribution in [1.82, 2.24) is 0 Å². The van der Waals surface area contributed by atoms with Gasteiger partial charge in [0.2, 0.25) is 0 Å². The fraction of sp³-hybridized carbons (Fsp3) is 0.583. The minimum absolute atomic E-state index is 0. The van der Waals surface area contributed by atoms with Gasteiger partial charge in [-0.1, -0.05) is 34.1 Å². The summed E-state index contributed by atoms with van der Waals surface area (Å²) in [4.78, 5) is 4.12. The van der Waals surface area contributed by atoms with Crippen LogP contribution in [0, 0.1) is 24.5 Å². The summed E-state index contributed by atoms with van der Waals surface area (Å²) in [7, 11) is 0. The largest absolute Gasteiger partial charge is 1.00 e. The molecule has 1 nitrogen and oxygen atoms in total. The predicted octanol–water partition coefficient (Wildman–Crippen LogP) is 0.440. The molecule has 0 fully saturated rings.